The molecule has 3 rings (SSSR count). The van der Waals surface area contributed by atoms with Crippen LogP contribution in [0.5, 0.6) is 0 Å². The highest BCUT2D eigenvalue weighted by Gasteiger charge is 2.45. The van der Waals surface area contributed by atoms with Gasteiger partial charge in [-0.05, 0) is 78.1 Å². The van der Waals surface area contributed by atoms with Gasteiger partial charge in [-0.15, -0.1) is 0 Å². The maximum Gasteiger partial charge on any atom is 0.200 e. The van der Waals surface area contributed by atoms with Gasteiger partial charge in [0.15, 0.2) is 8.32 Å². The highest BCUT2D eigenvalue weighted by molar-refractivity contribution is 6.77. The summed E-state index contributed by atoms with van der Waals surface area (Å²) in [6.45, 7) is 28.3. The van der Waals surface area contributed by atoms with Crippen LogP contribution >= 0.6 is 0 Å². The van der Waals surface area contributed by atoms with Gasteiger partial charge in [0.1, 0.15) is 6.10 Å². The maximum atomic E-state index is 7.24. The standard InChI is InChI=1S/C44H72O5Si2/c1-12-50(13-2,14-3)47-30-38(10)28-42-29-41(33-48-51(35(4)5,36(6)7)37(8)9)26-21-27-44(11,46-32-40-24-19-16-20-25-40)43(49-42)34-45-31-39-22-17-15-18-23-39/h15-20,22-26,28,35-37,42-43H,12-14,21,27,29-34H2,1-11H3/b38-28+,41-26+/t42-,43+,44+/m0/s1. The fraction of sp³-hybridized carbons (Fsp3) is 0.636. The molecular formula is C44H72O5Si2. The van der Waals surface area contributed by atoms with E-state index in [-0.39, 0.29) is 12.2 Å². The lowest BCUT2D eigenvalue weighted by molar-refractivity contribution is -0.177. The summed E-state index contributed by atoms with van der Waals surface area (Å²) in [6.07, 6.45) is 6.78. The molecule has 3 atom stereocenters. The summed E-state index contributed by atoms with van der Waals surface area (Å²) in [4.78, 5) is 0. The highest BCUT2D eigenvalue weighted by Crippen LogP contribution is 2.43. The van der Waals surface area contributed by atoms with Crippen molar-refractivity contribution in [3.05, 3.63) is 95.1 Å². The van der Waals surface area contributed by atoms with Gasteiger partial charge in [-0.1, -0.05) is 141 Å². The van der Waals surface area contributed by atoms with Crippen molar-refractivity contribution >= 4 is 16.6 Å². The first kappa shape index (κ1) is 43.6. The second-order valence-corrected chi connectivity index (χ2v) is 26.2. The summed E-state index contributed by atoms with van der Waals surface area (Å²) in [5.41, 5.74) is 5.87. The van der Waals surface area contributed by atoms with E-state index in [9.17, 15) is 0 Å². The van der Waals surface area contributed by atoms with E-state index >= 15 is 0 Å². The second-order valence-electron chi connectivity index (χ2n) is 16.0. The van der Waals surface area contributed by atoms with Gasteiger partial charge >= 0.3 is 0 Å². The zero-order chi connectivity index (χ0) is 37.5. The Morgan fingerprint density at radius 1 is 0.804 bits per heavy atom. The van der Waals surface area contributed by atoms with Crippen LogP contribution in [0.2, 0.25) is 34.8 Å². The Kier molecular flexibility index (Phi) is 18.1. The van der Waals surface area contributed by atoms with Crippen molar-refractivity contribution in [2.24, 2.45) is 0 Å². The highest BCUT2D eigenvalue weighted by atomic mass is 28.4. The fourth-order valence-electron chi connectivity index (χ4n) is 8.15. The molecule has 1 aliphatic rings. The molecule has 0 aliphatic carbocycles. The van der Waals surface area contributed by atoms with Crippen molar-refractivity contribution in [2.75, 3.05) is 19.8 Å². The zero-order valence-electron chi connectivity index (χ0n) is 34.1. The molecule has 2 aromatic rings. The Morgan fingerprint density at radius 3 is 1.88 bits per heavy atom. The van der Waals surface area contributed by atoms with Crippen LogP contribution < -0.4 is 0 Å². The second kappa shape index (κ2) is 21.1. The van der Waals surface area contributed by atoms with Crippen LogP contribution in [-0.2, 0) is 36.3 Å². The van der Waals surface area contributed by atoms with E-state index in [2.05, 4.69) is 143 Å². The van der Waals surface area contributed by atoms with E-state index in [1.54, 1.807) is 0 Å². The van der Waals surface area contributed by atoms with Crippen molar-refractivity contribution in [1.29, 1.82) is 0 Å². The van der Waals surface area contributed by atoms with Crippen LogP contribution in [0.4, 0.5) is 0 Å². The molecule has 1 aliphatic heterocycles. The third-order valence-corrected chi connectivity index (χ3v) is 22.3. The number of ether oxygens (including phenoxy) is 3. The summed E-state index contributed by atoms with van der Waals surface area (Å²) < 4.78 is 34.5. The molecule has 7 heteroatoms. The molecule has 0 spiro atoms. The third-order valence-electron chi connectivity index (χ3n) is 11.6. The van der Waals surface area contributed by atoms with Gasteiger partial charge in [0.05, 0.1) is 44.7 Å². The number of benzene rings is 2. The lowest BCUT2D eigenvalue weighted by atomic mass is 9.92. The normalized spacial score (nSPS) is 22.2. The zero-order valence-corrected chi connectivity index (χ0v) is 36.1. The molecule has 0 aromatic heterocycles. The Labute approximate surface area is 314 Å². The molecule has 0 bridgehead atoms. The number of allylic oxidation sites excluding steroid dienone is 1. The molecule has 5 nitrogen and oxygen atoms in total. The molecule has 0 radical (unpaired) electrons. The largest absolute Gasteiger partial charge is 0.413 e. The van der Waals surface area contributed by atoms with E-state index in [4.69, 9.17) is 23.1 Å². The van der Waals surface area contributed by atoms with Gasteiger partial charge < -0.3 is 23.1 Å². The quantitative estimate of drug-likeness (QED) is 0.100. The number of hydrogen-bond donors (Lipinski definition) is 0. The van der Waals surface area contributed by atoms with Gasteiger partial charge in [0.25, 0.3) is 0 Å². The molecule has 0 saturated carbocycles. The lowest BCUT2D eigenvalue weighted by Crippen LogP contribution is -2.48. The molecule has 1 heterocycles. The SMILES string of the molecule is CC[Si](CC)(CC)OC/C(C)=C/[C@H]1C/C(CO[Si](C(C)C)(C(C)C)C(C)C)=C\CC[C@@](C)(OCc2ccccc2)[C@@H](COCc2ccccc2)O1. The van der Waals surface area contributed by atoms with Crippen molar-refractivity contribution in [3.8, 4) is 0 Å². The number of hydrogen-bond acceptors (Lipinski definition) is 5. The summed E-state index contributed by atoms with van der Waals surface area (Å²) in [5.74, 6) is 0. The fourth-order valence-corrected chi connectivity index (χ4v) is 16.2. The first-order valence-electron chi connectivity index (χ1n) is 19.9. The Balaban J connectivity index is 1.98. The molecule has 0 saturated heterocycles. The van der Waals surface area contributed by atoms with Crippen LogP contribution in [0.15, 0.2) is 84.0 Å². The smallest absolute Gasteiger partial charge is 0.200 e. The van der Waals surface area contributed by atoms with E-state index < -0.39 is 22.2 Å². The van der Waals surface area contributed by atoms with Crippen LogP contribution in [0.3, 0.4) is 0 Å². The minimum atomic E-state index is -2.05. The Hall–Kier alpha value is -1.85. The Bertz CT molecular complexity index is 1290. The average molecular weight is 737 g/mol. The topological polar surface area (TPSA) is 46.2 Å². The monoisotopic (exact) mass is 736 g/mol. The molecule has 0 N–H and O–H groups in total. The molecule has 0 amide bonds. The third kappa shape index (κ3) is 12.6. The lowest BCUT2D eigenvalue weighted by Gasteiger charge is -2.42. The molecular weight excluding hydrogens is 665 g/mol. The molecule has 286 valence electrons. The summed E-state index contributed by atoms with van der Waals surface area (Å²) in [5, 5.41) is 0. The van der Waals surface area contributed by atoms with Gasteiger partial charge in [-0.25, -0.2) is 0 Å². The van der Waals surface area contributed by atoms with Gasteiger partial charge in [0, 0.05) is 6.42 Å². The predicted molar refractivity (Wildman–Crippen MR) is 220 cm³/mol. The molecule has 0 fully saturated rings. The summed E-state index contributed by atoms with van der Waals surface area (Å²) in [7, 11) is -3.78. The summed E-state index contributed by atoms with van der Waals surface area (Å²) >= 11 is 0. The molecule has 0 unspecified atom stereocenters. The first-order valence-corrected chi connectivity index (χ1v) is 24.6. The van der Waals surface area contributed by atoms with Gasteiger partial charge in [0.2, 0.25) is 8.32 Å². The van der Waals surface area contributed by atoms with Crippen molar-refractivity contribution in [3.63, 3.8) is 0 Å². The molecule has 2 aromatic carbocycles. The van der Waals surface area contributed by atoms with Gasteiger partial charge in [-0.2, -0.15) is 0 Å². The van der Waals surface area contributed by atoms with Gasteiger partial charge in [-0.3, -0.25) is 0 Å². The first-order chi connectivity index (χ1) is 24.3. The van der Waals surface area contributed by atoms with E-state index in [0.717, 1.165) is 48.5 Å². The van der Waals surface area contributed by atoms with Crippen LogP contribution in [0.1, 0.15) is 107 Å². The Morgan fingerprint density at radius 2 is 1.35 bits per heavy atom. The minimum absolute atomic E-state index is 0.166. The van der Waals surface area contributed by atoms with Crippen LogP contribution in [0.25, 0.3) is 0 Å². The van der Waals surface area contributed by atoms with Crippen LogP contribution in [-0.4, -0.2) is 54.3 Å². The van der Waals surface area contributed by atoms with E-state index in [1.165, 1.54) is 11.1 Å². The van der Waals surface area contributed by atoms with Crippen molar-refractivity contribution in [1.82, 2.24) is 0 Å². The number of rotatable bonds is 20. The molecule has 51 heavy (non-hydrogen) atoms. The average Bonchev–Trinajstić information content (AvgIpc) is 3.17. The van der Waals surface area contributed by atoms with E-state index in [1.807, 2.05) is 6.07 Å². The minimum Gasteiger partial charge on any atom is -0.413 e. The van der Waals surface area contributed by atoms with Crippen molar-refractivity contribution in [2.45, 2.75) is 161 Å². The van der Waals surface area contributed by atoms with Crippen molar-refractivity contribution < 1.29 is 23.1 Å². The predicted octanol–water partition coefficient (Wildman–Crippen LogP) is 12.2. The maximum absolute atomic E-state index is 7.24. The summed E-state index contributed by atoms with van der Waals surface area (Å²) in [6, 6.07) is 24.3. The van der Waals surface area contributed by atoms with E-state index in [0.29, 0.717) is 49.7 Å². The van der Waals surface area contributed by atoms with Crippen LogP contribution in [0, 0.1) is 0 Å².